The highest BCUT2D eigenvalue weighted by atomic mass is 19.4. The highest BCUT2D eigenvalue weighted by Gasteiger charge is 2.39. The van der Waals surface area contributed by atoms with Crippen LogP contribution in [0.5, 0.6) is 0 Å². The Morgan fingerprint density at radius 2 is 1.68 bits per heavy atom. The van der Waals surface area contributed by atoms with Crippen molar-refractivity contribution in [2.45, 2.75) is 50.5 Å². The highest BCUT2D eigenvalue weighted by Crippen LogP contribution is 2.38. The Balaban J connectivity index is 1.95. The van der Waals surface area contributed by atoms with E-state index in [9.17, 15) is 33.4 Å². The number of allylic oxidation sites excluding steroid dienone is 2. The minimum atomic E-state index is -4.97. The van der Waals surface area contributed by atoms with Gasteiger partial charge in [0.15, 0.2) is 5.78 Å². The Kier molecular flexibility index (Phi) is 8.31. The van der Waals surface area contributed by atoms with E-state index >= 15 is 0 Å². The molecule has 182 valence electrons. The van der Waals surface area contributed by atoms with E-state index in [1.54, 1.807) is 12.1 Å². The third-order valence-electron chi connectivity index (χ3n) is 6.06. The second kappa shape index (κ2) is 11.0. The molecule has 0 spiro atoms. The van der Waals surface area contributed by atoms with Crippen molar-refractivity contribution < 1.29 is 33.3 Å². The van der Waals surface area contributed by atoms with E-state index in [4.69, 9.17) is 5.11 Å². The Morgan fingerprint density at radius 3 is 2.29 bits per heavy atom. The van der Waals surface area contributed by atoms with Gasteiger partial charge in [-0.05, 0) is 60.2 Å². The molecule has 1 aliphatic rings. The van der Waals surface area contributed by atoms with Crippen LogP contribution in [-0.4, -0.2) is 59.2 Å². The van der Waals surface area contributed by atoms with Crippen LogP contribution in [0.15, 0.2) is 42.0 Å². The van der Waals surface area contributed by atoms with Gasteiger partial charge in [0.2, 0.25) is 0 Å². The Hall–Kier alpha value is -2.93. The molecule has 0 saturated carbocycles. The monoisotopic (exact) mass is 476 g/mol. The van der Waals surface area contributed by atoms with Crippen LogP contribution in [0, 0.1) is 11.3 Å². The zero-order valence-electron chi connectivity index (χ0n) is 18.6. The van der Waals surface area contributed by atoms with Gasteiger partial charge < -0.3 is 20.2 Å². The lowest BCUT2D eigenvalue weighted by Gasteiger charge is -2.29. The first-order valence-electron chi connectivity index (χ1n) is 11.2. The van der Waals surface area contributed by atoms with Crippen molar-refractivity contribution in [3.05, 3.63) is 47.5 Å². The average Bonchev–Trinajstić information content (AvgIpc) is 2.84. The fourth-order valence-corrected chi connectivity index (χ4v) is 4.16. The first-order valence-corrected chi connectivity index (χ1v) is 11.2. The number of rotatable bonds is 8. The number of nitriles is 1. The number of halogens is 3. The van der Waals surface area contributed by atoms with Crippen LogP contribution in [0.25, 0.3) is 16.3 Å². The summed E-state index contributed by atoms with van der Waals surface area (Å²) in [5, 5.41) is 38.6. The molecule has 1 fully saturated rings. The van der Waals surface area contributed by atoms with Gasteiger partial charge in [-0.1, -0.05) is 18.2 Å². The van der Waals surface area contributed by atoms with E-state index in [1.165, 1.54) is 24.6 Å². The van der Waals surface area contributed by atoms with E-state index in [-0.39, 0.29) is 5.56 Å². The van der Waals surface area contributed by atoms with Crippen molar-refractivity contribution in [3.63, 3.8) is 0 Å². The molecule has 6 nitrogen and oxygen atoms in total. The van der Waals surface area contributed by atoms with Gasteiger partial charge in [-0.15, -0.1) is 0 Å². The maximum absolute atomic E-state index is 14.0. The molecule has 0 aromatic heterocycles. The summed E-state index contributed by atoms with van der Waals surface area (Å²) in [4.78, 5) is 14.7. The molecule has 2 aromatic rings. The Morgan fingerprint density at radius 1 is 1.03 bits per heavy atom. The van der Waals surface area contributed by atoms with Gasteiger partial charge in [0.1, 0.15) is 17.7 Å². The number of benzene rings is 2. The normalized spacial score (nSPS) is 17.1. The molecule has 34 heavy (non-hydrogen) atoms. The number of aliphatic hydroxyl groups excluding tert-OH is 3. The van der Waals surface area contributed by atoms with Crippen molar-refractivity contribution in [2.75, 3.05) is 24.6 Å². The topological polar surface area (TPSA) is 105 Å². The third-order valence-corrected chi connectivity index (χ3v) is 6.06. The lowest BCUT2D eigenvalue weighted by Crippen LogP contribution is -2.30. The lowest BCUT2D eigenvalue weighted by atomic mass is 9.93. The molecule has 0 amide bonds. The maximum atomic E-state index is 14.0. The molecule has 1 aliphatic heterocycles. The molecule has 1 heterocycles. The van der Waals surface area contributed by atoms with Gasteiger partial charge in [0.25, 0.3) is 0 Å². The molecule has 2 atom stereocenters. The van der Waals surface area contributed by atoms with E-state index < -0.39 is 54.8 Å². The van der Waals surface area contributed by atoms with Crippen LogP contribution in [-0.2, 0) is 4.79 Å². The summed E-state index contributed by atoms with van der Waals surface area (Å²) in [6, 6.07) is 11.0. The van der Waals surface area contributed by atoms with Gasteiger partial charge in [0, 0.05) is 25.2 Å². The predicted molar refractivity (Wildman–Crippen MR) is 122 cm³/mol. The molecule has 2 aromatic carbocycles. The standard InChI is InChI=1S/C25H27F3N2O4/c26-25(27,28)24(20(14-29)21(32)8-9-22(33)23(34)15-31)18-5-4-17-13-19(7-6-16(17)12-18)30-10-2-1-3-11-30/h4-7,12-13,22-23,31,33-34H,1-3,8-11,15H2/b24-20-. The molecular formula is C25H27F3N2O4. The van der Waals surface area contributed by atoms with Gasteiger partial charge in [-0.2, -0.15) is 18.4 Å². The minimum Gasteiger partial charge on any atom is -0.394 e. The van der Waals surface area contributed by atoms with Crippen LogP contribution in [0.4, 0.5) is 18.9 Å². The minimum absolute atomic E-state index is 0.299. The number of alkyl halides is 3. The van der Waals surface area contributed by atoms with E-state index in [2.05, 4.69) is 4.90 Å². The summed E-state index contributed by atoms with van der Waals surface area (Å²) in [5.74, 6) is -1.10. The third kappa shape index (κ3) is 5.95. The summed E-state index contributed by atoms with van der Waals surface area (Å²) in [5.41, 5.74) is -1.68. The van der Waals surface area contributed by atoms with Crippen LogP contribution in [0.2, 0.25) is 0 Å². The van der Waals surface area contributed by atoms with Crippen LogP contribution in [0.1, 0.15) is 37.7 Å². The number of hydrogen-bond donors (Lipinski definition) is 3. The fraction of sp³-hybridized carbons (Fsp3) is 0.440. The second-order valence-corrected chi connectivity index (χ2v) is 8.43. The number of carbonyl (C=O) groups is 1. The number of nitrogens with zero attached hydrogens (tertiary/aromatic N) is 2. The maximum Gasteiger partial charge on any atom is 0.418 e. The number of aliphatic hydroxyl groups is 3. The largest absolute Gasteiger partial charge is 0.418 e. The number of piperidine rings is 1. The van der Waals surface area contributed by atoms with E-state index in [0.717, 1.165) is 37.0 Å². The van der Waals surface area contributed by atoms with Crippen molar-refractivity contribution in [2.24, 2.45) is 0 Å². The van der Waals surface area contributed by atoms with Crippen molar-refractivity contribution in [1.82, 2.24) is 0 Å². The summed E-state index contributed by atoms with van der Waals surface area (Å²) in [6.45, 7) is 1.10. The second-order valence-electron chi connectivity index (χ2n) is 8.43. The quantitative estimate of drug-likeness (QED) is 0.396. The highest BCUT2D eigenvalue weighted by molar-refractivity contribution is 6.07. The molecule has 1 saturated heterocycles. The van der Waals surface area contributed by atoms with Gasteiger partial charge in [0.05, 0.1) is 18.3 Å². The summed E-state index contributed by atoms with van der Waals surface area (Å²) in [7, 11) is 0. The van der Waals surface area contributed by atoms with Crippen LogP contribution < -0.4 is 4.90 Å². The van der Waals surface area contributed by atoms with Gasteiger partial charge in [-0.3, -0.25) is 4.79 Å². The Labute approximate surface area is 195 Å². The summed E-state index contributed by atoms with van der Waals surface area (Å²) >= 11 is 0. The number of Topliss-reactive ketones (excluding diaryl/α,β-unsaturated/α-hetero) is 1. The van der Waals surface area contributed by atoms with Crippen molar-refractivity contribution >= 4 is 27.8 Å². The van der Waals surface area contributed by atoms with Gasteiger partial charge >= 0.3 is 6.18 Å². The average molecular weight is 476 g/mol. The number of fused-ring (bicyclic) bond motifs is 1. The molecule has 3 rings (SSSR count). The zero-order valence-corrected chi connectivity index (χ0v) is 18.6. The SMILES string of the molecule is N#C/C(C(=O)CCC(O)C(O)CO)=C(\c1ccc2cc(N3CCCCC3)ccc2c1)C(F)(F)F. The van der Waals surface area contributed by atoms with Gasteiger partial charge in [-0.25, -0.2) is 0 Å². The molecular weight excluding hydrogens is 449 g/mol. The number of carbonyl (C=O) groups excluding carboxylic acids is 1. The molecule has 0 bridgehead atoms. The molecule has 3 N–H and O–H groups in total. The lowest BCUT2D eigenvalue weighted by molar-refractivity contribution is -0.116. The molecule has 2 unspecified atom stereocenters. The first kappa shape index (κ1) is 25.7. The fourth-order valence-electron chi connectivity index (χ4n) is 4.16. The smallest absolute Gasteiger partial charge is 0.394 e. The zero-order chi connectivity index (χ0) is 24.9. The molecule has 0 radical (unpaired) electrons. The van der Waals surface area contributed by atoms with Crippen LogP contribution in [0.3, 0.4) is 0 Å². The van der Waals surface area contributed by atoms with Crippen LogP contribution >= 0.6 is 0 Å². The van der Waals surface area contributed by atoms with Crippen molar-refractivity contribution in [3.8, 4) is 6.07 Å². The summed E-state index contributed by atoms with van der Waals surface area (Å²) in [6.07, 6.45) is -5.61. The predicted octanol–water partition coefficient (Wildman–Crippen LogP) is 3.73. The molecule has 9 heteroatoms. The number of anilines is 1. The first-order chi connectivity index (χ1) is 16.2. The molecule has 0 aliphatic carbocycles. The van der Waals surface area contributed by atoms with E-state index in [0.29, 0.717) is 5.39 Å². The van der Waals surface area contributed by atoms with E-state index in [1.807, 2.05) is 12.1 Å². The van der Waals surface area contributed by atoms with Crippen molar-refractivity contribution in [1.29, 1.82) is 5.26 Å². The Bertz CT molecular complexity index is 1100. The summed E-state index contributed by atoms with van der Waals surface area (Å²) < 4.78 is 42.0. The number of hydrogen-bond acceptors (Lipinski definition) is 6. The number of ketones is 1.